The fourth-order valence-electron chi connectivity index (χ4n) is 3.60. The largest absolute Gasteiger partial charge is 0.385 e. The van der Waals surface area contributed by atoms with Gasteiger partial charge in [-0.1, -0.05) is 6.42 Å². The molecule has 0 aromatic heterocycles. The second-order valence-corrected chi connectivity index (χ2v) is 6.90. The van der Waals surface area contributed by atoms with Gasteiger partial charge in [0, 0.05) is 31.0 Å². The number of benzene rings is 1. The molecule has 4 heteroatoms. The van der Waals surface area contributed by atoms with Gasteiger partial charge in [0.25, 0.3) is 0 Å². The Kier molecular flexibility index (Phi) is 6.72. The summed E-state index contributed by atoms with van der Waals surface area (Å²) in [5.74, 6) is 0. The van der Waals surface area contributed by atoms with E-state index in [-0.39, 0.29) is 12.2 Å². The van der Waals surface area contributed by atoms with Gasteiger partial charge in [-0.2, -0.15) is 0 Å². The molecule has 1 aliphatic heterocycles. The van der Waals surface area contributed by atoms with Crippen LogP contribution in [0.4, 0.5) is 11.4 Å². The molecule has 1 aromatic rings. The molecule has 1 fully saturated rings. The third-order valence-corrected chi connectivity index (χ3v) is 4.44. The van der Waals surface area contributed by atoms with Crippen molar-refractivity contribution in [3.05, 3.63) is 23.3 Å². The zero-order chi connectivity index (χ0) is 16.8. The van der Waals surface area contributed by atoms with Crippen LogP contribution in [0, 0.1) is 13.8 Å². The summed E-state index contributed by atoms with van der Waals surface area (Å²) in [6, 6.07) is 4.55. The van der Waals surface area contributed by atoms with Gasteiger partial charge in [0.2, 0.25) is 0 Å². The average Bonchev–Trinajstić information content (AvgIpc) is 2.45. The number of nitrogens with one attached hydrogen (secondary N) is 1. The highest BCUT2D eigenvalue weighted by Gasteiger charge is 2.24. The molecule has 1 aromatic carbocycles. The number of morpholine rings is 1. The van der Waals surface area contributed by atoms with Gasteiger partial charge in [0.1, 0.15) is 0 Å². The Morgan fingerprint density at radius 3 is 2.26 bits per heavy atom. The lowest BCUT2D eigenvalue weighted by Crippen LogP contribution is -2.46. The Morgan fingerprint density at radius 2 is 1.70 bits per heavy atom. The molecule has 0 amide bonds. The van der Waals surface area contributed by atoms with Crippen molar-refractivity contribution < 1.29 is 4.74 Å². The van der Waals surface area contributed by atoms with Crippen molar-refractivity contribution in [3.8, 4) is 0 Å². The van der Waals surface area contributed by atoms with E-state index in [0.717, 1.165) is 32.6 Å². The van der Waals surface area contributed by atoms with Crippen molar-refractivity contribution >= 4 is 11.4 Å². The highest BCUT2D eigenvalue weighted by atomic mass is 16.5. The van der Waals surface area contributed by atoms with Gasteiger partial charge < -0.3 is 20.7 Å². The van der Waals surface area contributed by atoms with Crippen LogP contribution >= 0.6 is 0 Å². The molecule has 2 rings (SSSR count). The first-order chi connectivity index (χ1) is 11.0. The molecule has 0 saturated carbocycles. The van der Waals surface area contributed by atoms with Crippen molar-refractivity contribution in [1.82, 2.24) is 0 Å². The zero-order valence-electron chi connectivity index (χ0n) is 15.2. The first kappa shape index (κ1) is 18.1. The number of aryl methyl sites for hydroxylation is 2. The lowest BCUT2D eigenvalue weighted by molar-refractivity contribution is -0.00527. The van der Waals surface area contributed by atoms with Crippen molar-refractivity contribution in [3.63, 3.8) is 0 Å². The number of hydrogen-bond acceptors (Lipinski definition) is 4. The van der Waals surface area contributed by atoms with Crippen LogP contribution in [-0.4, -0.2) is 38.4 Å². The average molecular weight is 319 g/mol. The van der Waals surface area contributed by atoms with Crippen LogP contribution in [0.3, 0.4) is 0 Å². The first-order valence-electron chi connectivity index (χ1n) is 8.97. The molecule has 0 aliphatic carbocycles. The second kappa shape index (κ2) is 8.55. The summed E-state index contributed by atoms with van der Waals surface area (Å²) < 4.78 is 5.86. The Hall–Kier alpha value is -1.26. The molecule has 4 nitrogen and oxygen atoms in total. The van der Waals surface area contributed by atoms with Gasteiger partial charge in [-0.05, 0) is 70.3 Å². The van der Waals surface area contributed by atoms with E-state index in [9.17, 15) is 0 Å². The summed E-state index contributed by atoms with van der Waals surface area (Å²) in [7, 11) is 0. The maximum absolute atomic E-state index is 5.86. The van der Waals surface area contributed by atoms with E-state index in [1.165, 1.54) is 35.3 Å². The Bertz CT molecular complexity index is 470. The molecular weight excluding hydrogens is 286 g/mol. The van der Waals surface area contributed by atoms with E-state index in [2.05, 4.69) is 50.0 Å². The van der Waals surface area contributed by atoms with Crippen LogP contribution in [0.2, 0.25) is 0 Å². The third-order valence-electron chi connectivity index (χ3n) is 4.44. The van der Waals surface area contributed by atoms with Gasteiger partial charge in [-0.15, -0.1) is 0 Å². The minimum Gasteiger partial charge on any atom is -0.385 e. The van der Waals surface area contributed by atoms with Crippen molar-refractivity contribution in [2.24, 2.45) is 5.73 Å². The first-order valence-corrected chi connectivity index (χ1v) is 8.97. The van der Waals surface area contributed by atoms with Crippen molar-refractivity contribution in [2.45, 2.75) is 59.2 Å². The molecule has 2 atom stereocenters. The summed E-state index contributed by atoms with van der Waals surface area (Å²) in [4.78, 5) is 2.48. The summed E-state index contributed by atoms with van der Waals surface area (Å²) in [5, 5.41) is 3.55. The Labute approximate surface area is 141 Å². The lowest BCUT2D eigenvalue weighted by atomic mass is 10.0. The van der Waals surface area contributed by atoms with Crippen LogP contribution in [0.1, 0.15) is 44.2 Å². The topological polar surface area (TPSA) is 50.5 Å². The predicted octanol–water partition coefficient (Wildman–Crippen LogP) is 3.46. The van der Waals surface area contributed by atoms with Crippen molar-refractivity contribution in [2.75, 3.05) is 36.4 Å². The molecule has 1 aliphatic rings. The SMILES string of the molecule is Cc1cc(NCCCCCN)cc(C)c1N1C[C@@H](C)O[C@@H](C)C1. The number of nitrogens with zero attached hydrogens (tertiary/aromatic N) is 1. The minimum atomic E-state index is 0.290. The summed E-state index contributed by atoms with van der Waals surface area (Å²) in [6.07, 6.45) is 4.07. The highest BCUT2D eigenvalue weighted by molar-refractivity contribution is 5.66. The molecule has 23 heavy (non-hydrogen) atoms. The summed E-state index contributed by atoms with van der Waals surface area (Å²) in [5.41, 5.74) is 10.8. The molecule has 0 unspecified atom stereocenters. The van der Waals surface area contributed by atoms with Crippen LogP contribution in [-0.2, 0) is 4.74 Å². The molecule has 0 radical (unpaired) electrons. The maximum Gasteiger partial charge on any atom is 0.0726 e. The number of unbranched alkanes of at least 4 members (excludes halogenated alkanes) is 2. The number of ether oxygens (including phenoxy) is 1. The van der Waals surface area contributed by atoms with Crippen molar-refractivity contribution in [1.29, 1.82) is 0 Å². The van der Waals surface area contributed by atoms with Gasteiger partial charge in [-0.25, -0.2) is 0 Å². The molecule has 130 valence electrons. The van der Waals surface area contributed by atoms with Gasteiger partial charge in [0.05, 0.1) is 12.2 Å². The monoisotopic (exact) mass is 319 g/mol. The third kappa shape index (κ3) is 5.11. The lowest BCUT2D eigenvalue weighted by Gasteiger charge is -2.38. The number of hydrogen-bond donors (Lipinski definition) is 2. The fourth-order valence-corrected chi connectivity index (χ4v) is 3.60. The zero-order valence-corrected chi connectivity index (χ0v) is 15.2. The Balaban J connectivity index is 2.02. The van der Waals surface area contributed by atoms with Gasteiger partial charge in [-0.3, -0.25) is 0 Å². The summed E-state index contributed by atoms with van der Waals surface area (Å²) >= 11 is 0. The van der Waals surface area contributed by atoms with Crippen LogP contribution in [0.25, 0.3) is 0 Å². The normalized spacial score (nSPS) is 21.5. The molecular formula is C19H33N3O. The van der Waals surface area contributed by atoms with E-state index in [0.29, 0.717) is 0 Å². The predicted molar refractivity (Wildman–Crippen MR) is 99.5 cm³/mol. The van der Waals surface area contributed by atoms with Gasteiger partial charge in [0.15, 0.2) is 0 Å². The maximum atomic E-state index is 5.86. The minimum absolute atomic E-state index is 0.290. The molecule has 0 bridgehead atoms. The number of nitrogens with two attached hydrogens (primary N) is 1. The molecule has 1 heterocycles. The molecule has 3 N–H and O–H groups in total. The van der Waals surface area contributed by atoms with Crippen LogP contribution in [0.15, 0.2) is 12.1 Å². The highest BCUT2D eigenvalue weighted by Crippen LogP contribution is 2.30. The van der Waals surface area contributed by atoms with Crippen LogP contribution < -0.4 is 16.0 Å². The van der Waals surface area contributed by atoms with Crippen LogP contribution in [0.5, 0.6) is 0 Å². The van der Waals surface area contributed by atoms with E-state index in [4.69, 9.17) is 10.5 Å². The number of anilines is 2. The Morgan fingerprint density at radius 1 is 1.09 bits per heavy atom. The summed E-state index contributed by atoms with van der Waals surface area (Å²) in [6.45, 7) is 12.5. The molecule has 1 saturated heterocycles. The molecule has 0 spiro atoms. The van der Waals surface area contributed by atoms with E-state index in [1.807, 2.05) is 0 Å². The quantitative estimate of drug-likeness (QED) is 0.756. The van der Waals surface area contributed by atoms with E-state index < -0.39 is 0 Å². The number of rotatable bonds is 7. The smallest absolute Gasteiger partial charge is 0.0726 e. The van der Waals surface area contributed by atoms with E-state index in [1.54, 1.807) is 0 Å². The van der Waals surface area contributed by atoms with E-state index >= 15 is 0 Å². The standard InChI is InChI=1S/C19H33N3O/c1-14-10-18(21-9-7-5-6-8-20)11-15(2)19(14)22-12-16(3)23-17(4)13-22/h10-11,16-17,21H,5-9,12-13,20H2,1-4H3/t16-,17+. The second-order valence-electron chi connectivity index (χ2n) is 6.90. The fraction of sp³-hybridized carbons (Fsp3) is 0.684. The van der Waals surface area contributed by atoms with Gasteiger partial charge >= 0.3 is 0 Å².